The van der Waals surface area contributed by atoms with Gasteiger partial charge < -0.3 is 0 Å². The molecule has 3 nitrogen and oxygen atoms in total. The van der Waals surface area contributed by atoms with Gasteiger partial charge in [0.2, 0.25) is 0 Å². The maximum absolute atomic E-state index is 4.73. The smallest absolute Gasteiger partial charge is 0.168 e. The van der Waals surface area contributed by atoms with Gasteiger partial charge in [-0.15, -0.1) is 10.2 Å². The molecule has 0 radical (unpaired) electrons. The maximum atomic E-state index is 4.73. The summed E-state index contributed by atoms with van der Waals surface area (Å²) in [5.41, 5.74) is 4.97. The Bertz CT molecular complexity index is 907. The van der Waals surface area contributed by atoms with E-state index in [0.29, 0.717) is 11.8 Å². The summed E-state index contributed by atoms with van der Waals surface area (Å²) in [7, 11) is 0. The molecule has 3 rings (SSSR count). The van der Waals surface area contributed by atoms with Crippen molar-refractivity contribution in [1.29, 1.82) is 0 Å². The SMILES string of the molecule is CCC(C)(C)c1nnc(-c2ccccc2)n1-c1c(C(C)C)cccc1C(C)C. The molecule has 0 bridgehead atoms. The van der Waals surface area contributed by atoms with Crippen LogP contribution in [0.4, 0.5) is 0 Å². The lowest BCUT2D eigenvalue weighted by molar-refractivity contribution is 0.463. The Labute approximate surface area is 169 Å². The number of rotatable bonds is 6. The molecule has 0 aliphatic carbocycles. The zero-order valence-electron chi connectivity index (χ0n) is 18.3. The normalized spacial score (nSPS) is 12.2. The molecule has 0 fully saturated rings. The predicted molar refractivity (Wildman–Crippen MR) is 118 cm³/mol. The van der Waals surface area contributed by atoms with Gasteiger partial charge in [0, 0.05) is 11.0 Å². The van der Waals surface area contributed by atoms with Crippen molar-refractivity contribution >= 4 is 0 Å². The second-order valence-corrected chi connectivity index (χ2v) is 8.88. The Morgan fingerprint density at radius 2 is 1.39 bits per heavy atom. The van der Waals surface area contributed by atoms with Crippen molar-refractivity contribution in [1.82, 2.24) is 14.8 Å². The molecular formula is C25H33N3. The van der Waals surface area contributed by atoms with Crippen LogP contribution in [0.3, 0.4) is 0 Å². The average Bonchev–Trinajstić information content (AvgIpc) is 3.13. The lowest BCUT2D eigenvalue weighted by Crippen LogP contribution is -2.23. The van der Waals surface area contributed by atoms with E-state index in [1.54, 1.807) is 0 Å². The fourth-order valence-corrected chi connectivity index (χ4v) is 3.64. The van der Waals surface area contributed by atoms with Gasteiger partial charge >= 0.3 is 0 Å². The van der Waals surface area contributed by atoms with Crippen LogP contribution < -0.4 is 0 Å². The van der Waals surface area contributed by atoms with Crippen LogP contribution in [0.1, 0.15) is 83.7 Å². The molecule has 1 heterocycles. The first-order valence-corrected chi connectivity index (χ1v) is 10.4. The van der Waals surface area contributed by atoms with Gasteiger partial charge in [0.25, 0.3) is 0 Å². The van der Waals surface area contributed by atoms with E-state index in [2.05, 4.69) is 95.5 Å². The van der Waals surface area contributed by atoms with Crippen molar-refractivity contribution in [2.75, 3.05) is 0 Å². The van der Waals surface area contributed by atoms with Crippen molar-refractivity contribution in [3.63, 3.8) is 0 Å². The Hall–Kier alpha value is -2.42. The Balaban J connectivity index is 2.43. The molecule has 0 amide bonds. The van der Waals surface area contributed by atoms with Gasteiger partial charge in [-0.3, -0.25) is 4.57 Å². The Kier molecular flexibility index (Phi) is 5.74. The van der Waals surface area contributed by atoms with Crippen LogP contribution in [0.5, 0.6) is 0 Å². The minimum atomic E-state index is -0.0711. The summed E-state index contributed by atoms with van der Waals surface area (Å²) in [5, 5.41) is 9.42. The topological polar surface area (TPSA) is 30.7 Å². The molecule has 28 heavy (non-hydrogen) atoms. The van der Waals surface area contributed by atoms with Gasteiger partial charge in [-0.25, -0.2) is 0 Å². The minimum absolute atomic E-state index is 0.0711. The lowest BCUT2D eigenvalue weighted by atomic mass is 9.87. The quantitative estimate of drug-likeness (QED) is 0.471. The molecule has 0 spiro atoms. The molecule has 0 aliphatic heterocycles. The van der Waals surface area contributed by atoms with Crippen LogP contribution in [-0.2, 0) is 5.41 Å². The van der Waals surface area contributed by atoms with Crippen molar-refractivity contribution in [2.24, 2.45) is 0 Å². The third-order valence-corrected chi connectivity index (χ3v) is 5.75. The fraction of sp³-hybridized carbons (Fsp3) is 0.440. The van der Waals surface area contributed by atoms with E-state index in [9.17, 15) is 0 Å². The number of hydrogen-bond acceptors (Lipinski definition) is 2. The van der Waals surface area contributed by atoms with Crippen molar-refractivity contribution in [3.05, 3.63) is 65.5 Å². The highest BCUT2D eigenvalue weighted by molar-refractivity contribution is 5.63. The lowest BCUT2D eigenvalue weighted by Gasteiger charge is -2.27. The maximum Gasteiger partial charge on any atom is 0.168 e. The molecule has 0 unspecified atom stereocenters. The van der Waals surface area contributed by atoms with Crippen LogP contribution >= 0.6 is 0 Å². The standard InChI is InChI=1S/C25H33N3/c1-8-25(6,7)24-27-26-23(19-13-10-9-11-14-19)28(24)22-20(17(2)3)15-12-16-21(22)18(4)5/h9-18H,8H2,1-7H3. The Morgan fingerprint density at radius 1 is 0.821 bits per heavy atom. The van der Waals surface area contributed by atoms with Crippen LogP contribution in [-0.4, -0.2) is 14.8 Å². The highest BCUT2D eigenvalue weighted by Crippen LogP contribution is 2.38. The second-order valence-electron chi connectivity index (χ2n) is 8.88. The van der Waals surface area contributed by atoms with Gasteiger partial charge in [0.1, 0.15) is 5.82 Å². The summed E-state index contributed by atoms with van der Waals surface area (Å²) in [5.74, 6) is 2.78. The predicted octanol–water partition coefficient (Wildman–Crippen LogP) is 6.87. The van der Waals surface area contributed by atoms with Gasteiger partial charge in [0.05, 0.1) is 5.69 Å². The molecule has 1 aromatic heterocycles. The molecule has 2 aromatic carbocycles. The number of aromatic nitrogens is 3. The summed E-state index contributed by atoms with van der Waals surface area (Å²) in [6.07, 6.45) is 1.00. The molecule has 0 N–H and O–H groups in total. The molecule has 0 saturated heterocycles. The molecule has 3 aromatic rings. The zero-order chi connectivity index (χ0) is 20.5. The van der Waals surface area contributed by atoms with Crippen LogP contribution in [0.15, 0.2) is 48.5 Å². The van der Waals surface area contributed by atoms with Crippen LogP contribution in [0.25, 0.3) is 17.1 Å². The summed E-state index contributed by atoms with van der Waals surface area (Å²) in [6.45, 7) is 15.8. The van der Waals surface area contributed by atoms with Gasteiger partial charge in [0.15, 0.2) is 5.82 Å². The van der Waals surface area contributed by atoms with Gasteiger partial charge in [-0.1, -0.05) is 97.0 Å². The number of nitrogens with zero attached hydrogens (tertiary/aromatic N) is 3. The van der Waals surface area contributed by atoms with Gasteiger partial charge in [-0.05, 0) is 29.4 Å². The molecule has 0 saturated carbocycles. The minimum Gasteiger partial charge on any atom is -0.278 e. The third-order valence-electron chi connectivity index (χ3n) is 5.75. The largest absolute Gasteiger partial charge is 0.278 e. The molecular weight excluding hydrogens is 342 g/mol. The highest BCUT2D eigenvalue weighted by Gasteiger charge is 2.30. The van der Waals surface area contributed by atoms with E-state index in [1.807, 2.05) is 6.07 Å². The van der Waals surface area contributed by atoms with E-state index < -0.39 is 0 Å². The highest BCUT2D eigenvalue weighted by atomic mass is 15.3. The molecule has 3 heteroatoms. The first-order valence-electron chi connectivity index (χ1n) is 10.4. The molecule has 0 atom stereocenters. The van der Waals surface area contributed by atoms with Gasteiger partial charge in [-0.2, -0.15) is 0 Å². The Morgan fingerprint density at radius 3 is 1.89 bits per heavy atom. The average molecular weight is 376 g/mol. The van der Waals surface area contributed by atoms with Crippen molar-refractivity contribution in [2.45, 2.75) is 72.1 Å². The zero-order valence-corrected chi connectivity index (χ0v) is 18.3. The fourth-order valence-electron chi connectivity index (χ4n) is 3.64. The van der Waals surface area contributed by atoms with E-state index in [-0.39, 0.29) is 5.41 Å². The summed E-state index contributed by atoms with van der Waals surface area (Å²) < 4.78 is 2.34. The van der Waals surface area contributed by atoms with E-state index in [4.69, 9.17) is 10.2 Å². The van der Waals surface area contributed by atoms with E-state index >= 15 is 0 Å². The number of benzene rings is 2. The monoisotopic (exact) mass is 375 g/mol. The summed E-state index contributed by atoms with van der Waals surface area (Å²) in [6, 6.07) is 17.1. The first kappa shape index (κ1) is 20.3. The second kappa shape index (κ2) is 7.90. The number of para-hydroxylation sites is 1. The molecule has 0 aliphatic rings. The number of hydrogen-bond donors (Lipinski definition) is 0. The summed E-state index contributed by atoms with van der Waals surface area (Å²) >= 11 is 0. The van der Waals surface area contributed by atoms with Crippen LogP contribution in [0, 0.1) is 0 Å². The summed E-state index contributed by atoms with van der Waals surface area (Å²) in [4.78, 5) is 0. The van der Waals surface area contributed by atoms with Crippen molar-refractivity contribution < 1.29 is 0 Å². The van der Waals surface area contributed by atoms with Crippen LogP contribution in [0.2, 0.25) is 0 Å². The first-order chi connectivity index (χ1) is 13.3. The molecule has 148 valence electrons. The van der Waals surface area contributed by atoms with E-state index in [0.717, 1.165) is 23.6 Å². The van der Waals surface area contributed by atoms with Crippen molar-refractivity contribution in [3.8, 4) is 17.1 Å². The van der Waals surface area contributed by atoms with E-state index in [1.165, 1.54) is 16.8 Å². The third kappa shape index (κ3) is 3.63.